The summed E-state index contributed by atoms with van der Waals surface area (Å²) in [5.74, 6) is 0.743. The zero-order valence-corrected chi connectivity index (χ0v) is 24.1. The summed E-state index contributed by atoms with van der Waals surface area (Å²) < 4.78 is 5.64. The molecule has 0 spiro atoms. The van der Waals surface area contributed by atoms with Gasteiger partial charge in [0.1, 0.15) is 11.4 Å². The molecule has 0 amide bonds. The van der Waals surface area contributed by atoms with E-state index >= 15 is 0 Å². The van der Waals surface area contributed by atoms with E-state index in [0.717, 1.165) is 51.1 Å². The van der Waals surface area contributed by atoms with E-state index in [1.54, 1.807) is 7.11 Å². The summed E-state index contributed by atoms with van der Waals surface area (Å²) in [5.41, 5.74) is 11.2. The predicted octanol–water partition coefficient (Wildman–Crippen LogP) is 9.23. The fourth-order valence-corrected chi connectivity index (χ4v) is 4.45. The van der Waals surface area contributed by atoms with Crippen LogP contribution < -0.4 is 10.1 Å². The van der Waals surface area contributed by atoms with Crippen molar-refractivity contribution in [3.05, 3.63) is 94.2 Å². The SMILES string of the molecule is COc1ccccc1N=C(/C(C(C)=Nc1ccc(C)cc1C)=C(/C)Nc1ccc(C)cc1C)C(C)(C)C. The second-order valence-electron chi connectivity index (χ2n) is 10.8. The van der Waals surface area contributed by atoms with E-state index in [2.05, 4.69) is 104 Å². The van der Waals surface area contributed by atoms with Crippen molar-refractivity contribution >= 4 is 28.5 Å². The zero-order chi connectivity index (χ0) is 27.3. The Hall–Kier alpha value is -3.66. The normalized spacial score (nSPS) is 13.4. The lowest BCUT2D eigenvalue weighted by atomic mass is 9.82. The van der Waals surface area contributed by atoms with Crippen molar-refractivity contribution in [1.82, 2.24) is 0 Å². The molecule has 0 aliphatic rings. The van der Waals surface area contributed by atoms with E-state index in [-0.39, 0.29) is 5.41 Å². The molecule has 0 aliphatic carbocycles. The average Bonchev–Trinajstić information content (AvgIpc) is 2.82. The highest BCUT2D eigenvalue weighted by Gasteiger charge is 2.27. The van der Waals surface area contributed by atoms with E-state index in [1.165, 1.54) is 16.7 Å². The van der Waals surface area contributed by atoms with E-state index in [0.29, 0.717) is 0 Å². The minimum Gasteiger partial charge on any atom is -0.494 e. The molecule has 0 aliphatic heterocycles. The Morgan fingerprint density at radius 1 is 0.757 bits per heavy atom. The summed E-state index contributed by atoms with van der Waals surface area (Å²) in [6.45, 7) is 19.2. The van der Waals surface area contributed by atoms with Crippen molar-refractivity contribution in [2.75, 3.05) is 12.4 Å². The van der Waals surface area contributed by atoms with Gasteiger partial charge in [-0.3, -0.25) is 4.99 Å². The van der Waals surface area contributed by atoms with E-state index in [1.807, 2.05) is 24.3 Å². The fourth-order valence-electron chi connectivity index (χ4n) is 4.45. The number of methoxy groups -OCH3 is 1. The molecule has 3 rings (SSSR count). The molecule has 0 radical (unpaired) electrons. The first kappa shape index (κ1) is 27.9. The Morgan fingerprint density at radius 2 is 1.38 bits per heavy atom. The molecule has 37 heavy (non-hydrogen) atoms. The van der Waals surface area contributed by atoms with Gasteiger partial charge in [0.15, 0.2) is 0 Å². The van der Waals surface area contributed by atoms with Gasteiger partial charge in [0.25, 0.3) is 0 Å². The number of ether oxygens (including phenoxy) is 1. The van der Waals surface area contributed by atoms with Crippen LogP contribution in [0.25, 0.3) is 0 Å². The minimum absolute atomic E-state index is 0.263. The van der Waals surface area contributed by atoms with Gasteiger partial charge in [-0.15, -0.1) is 0 Å². The number of para-hydroxylation sites is 2. The number of anilines is 1. The third-order valence-corrected chi connectivity index (χ3v) is 6.35. The number of rotatable bonds is 7. The van der Waals surface area contributed by atoms with Crippen LogP contribution in [0.15, 0.2) is 81.9 Å². The highest BCUT2D eigenvalue weighted by molar-refractivity contribution is 6.27. The highest BCUT2D eigenvalue weighted by atomic mass is 16.5. The molecule has 4 heteroatoms. The summed E-state index contributed by atoms with van der Waals surface area (Å²) in [7, 11) is 1.68. The third-order valence-electron chi connectivity index (χ3n) is 6.35. The maximum Gasteiger partial charge on any atom is 0.144 e. The maximum atomic E-state index is 5.64. The topological polar surface area (TPSA) is 46.0 Å². The van der Waals surface area contributed by atoms with Gasteiger partial charge in [-0.2, -0.15) is 0 Å². The second-order valence-corrected chi connectivity index (χ2v) is 10.8. The van der Waals surface area contributed by atoms with Crippen LogP contribution in [-0.2, 0) is 0 Å². The Kier molecular flexibility index (Phi) is 8.75. The third kappa shape index (κ3) is 6.97. The quantitative estimate of drug-likeness (QED) is 0.332. The lowest BCUT2D eigenvalue weighted by Crippen LogP contribution is -2.28. The van der Waals surface area contributed by atoms with Crippen molar-refractivity contribution in [2.24, 2.45) is 15.4 Å². The average molecular weight is 496 g/mol. The number of allylic oxidation sites excluding steroid dienone is 2. The first-order valence-corrected chi connectivity index (χ1v) is 12.8. The van der Waals surface area contributed by atoms with Crippen LogP contribution in [0.2, 0.25) is 0 Å². The standard InChI is InChI=1S/C33H41N3O/c1-21-15-17-27(23(3)19-21)34-25(5)31(26(6)35-28-18-16-22(2)20-24(28)4)32(33(7,8)9)36-29-13-11-12-14-30(29)37-10/h11-20,34H,1-10H3/b31-25-,35-26?,36-32?. The molecular weight excluding hydrogens is 454 g/mol. The summed E-state index contributed by atoms with van der Waals surface area (Å²) >= 11 is 0. The van der Waals surface area contributed by atoms with Crippen LogP contribution in [0.4, 0.5) is 17.1 Å². The number of nitrogens with zero attached hydrogens (tertiary/aromatic N) is 2. The largest absolute Gasteiger partial charge is 0.494 e. The van der Waals surface area contributed by atoms with Crippen LogP contribution in [0.1, 0.15) is 56.9 Å². The van der Waals surface area contributed by atoms with Gasteiger partial charge in [0.2, 0.25) is 0 Å². The van der Waals surface area contributed by atoms with Crippen LogP contribution in [-0.4, -0.2) is 18.5 Å². The lowest BCUT2D eigenvalue weighted by molar-refractivity contribution is 0.416. The molecule has 0 fully saturated rings. The van der Waals surface area contributed by atoms with Crippen LogP contribution in [0.5, 0.6) is 5.75 Å². The molecule has 0 aromatic heterocycles. The molecule has 0 atom stereocenters. The Bertz CT molecular complexity index is 1370. The number of aliphatic imine (C=N–C) groups is 2. The van der Waals surface area contributed by atoms with Crippen LogP contribution in [0, 0.1) is 33.1 Å². The molecule has 0 saturated heterocycles. The van der Waals surface area contributed by atoms with Gasteiger partial charge in [0.05, 0.1) is 18.5 Å². The summed E-state index contributed by atoms with van der Waals surface area (Å²) in [5, 5.41) is 3.68. The summed E-state index contributed by atoms with van der Waals surface area (Å²) in [6, 6.07) is 20.7. The molecule has 1 N–H and O–H groups in total. The monoisotopic (exact) mass is 495 g/mol. The molecule has 4 nitrogen and oxygen atoms in total. The van der Waals surface area contributed by atoms with E-state index in [9.17, 15) is 0 Å². The maximum absolute atomic E-state index is 5.64. The zero-order valence-electron chi connectivity index (χ0n) is 24.1. The first-order chi connectivity index (χ1) is 17.4. The predicted molar refractivity (Wildman–Crippen MR) is 160 cm³/mol. The van der Waals surface area contributed by atoms with Crippen molar-refractivity contribution in [2.45, 2.75) is 62.3 Å². The van der Waals surface area contributed by atoms with Gasteiger partial charge in [-0.25, -0.2) is 4.99 Å². The molecule has 0 bridgehead atoms. The summed E-state index contributed by atoms with van der Waals surface area (Å²) in [4.78, 5) is 10.3. The summed E-state index contributed by atoms with van der Waals surface area (Å²) in [6.07, 6.45) is 0. The first-order valence-electron chi connectivity index (χ1n) is 12.8. The Labute approximate surface area is 223 Å². The van der Waals surface area contributed by atoms with Crippen LogP contribution >= 0.6 is 0 Å². The van der Waals surface area contributed by atoms with E-state index in [4.69, 9.17) is 14.7 Å². The van der Waals surface area contributed by atoms with Gasteiger partial charge in [0, 0.05) is 28.1 Å². The molecule has 0 heterocycles. The number of benzene rings is 3. The van der Waals surface area contributed by atoms with Gasteiger partial charge < -0.3 is 10.1 Å². The molecule has 3 aromatic rings. The molecule has 0 unspecified atom stereocenters. The number of hydrogen-bond donors (Lipinski definition) is 1. The Balaban J connectivity index is 2.29. The Morgan fingerprint density at radius 3 is 1.97 bits per heavy atom. The molecule has 3 aromatic carbocycles. The highest BCUT2D eigenvalue weighted by Crippen LogP contribution is 2.34. The van der Waals surface area contributed by atoms with E-state index < -0.39 is 0 Å². The number of hydrogen-bond acceptors (Lipinski definition) is 4. The van der Waals surface area contributed by atoms with Gasteiger partial charge in [-0.05, 0) is 76.9 Å². The van der Waals surface area contributed by atoms with Crippen molar-refractivity contribution in [1.29, 1.82) is 0 Å². The van der Waals surface area contributed by atoms with Crippen molar-refractivity contribution < 1.29 is 4.74 Å². The van der Waals surface area contributed by atoms with Gasteiger partial charge >= 0.3 is 0 Å². The van der Waals surface area contributed by atoms with Crippen LogP contribution in [0.3, 0.4) is 0 Å². The van der Waals surface area contributed by atoms with Crippen molar-refractivity contribution in [3.8, 4) is 5.75 Å². The lowest BCUT2D eigenvalue weighted by Gasteiger charge is -2.27. The number of nitrogens with one attached hydrogen (secondary N) is 1. The molecule has 0 saturated carbocycles. The minimum atomic E-state index is -0.263. The second kappa shape index (κ2) is 11.6. The molecule has 194 valence electrons. The smallest absolute Gasteiger partial charge is 0.144 e. The molecular formula is C33H41N3O. The fraction of sp³-hybridized carbons (Fsp3) is 0.333. The van der Waals surface area contributed by atoms with Gasteiger partial charge in [-0.1, -0.05) is 68.3 Å². The van der Waals surface area contributed by atoms with Crippen molar-refractivity contribution in [3.63, 3.8) is 0 Å². The number of aryl methyl sites for hydroxylation is 4.